The van der Waals surface area contributed by atoms with Crippen LogP contribution in [0.5, 0.6) is 0 Å². The summed E-state index contributed by atoms with van der Waals surface area (Å²) in [7, 11) is -3.43. The zero-order valence-electron chi connectivity index (χ0n) is 15.1. The Labute approximate surface area is 158 Å². The van der Waals surface area contributed by atoms with Gasteiger partial charge in [0, 0.05) is 36.6 Å². The van der Waals surface area contributed by atoms with E-state index >= 15 is 0 Å². The van der Waals surface area contributed by atoms with E-state index < -0.39 is 10.0 Å². The number of carbonyl (C=O) groups excluding carboxylic acids is 1. The van der Waals surface area contributed by atoms with Crippen molar-refractivity contribution in [3.63, 3.8) is 0 Å². The Morgan fingerprint density at radius 1 is 1.22 bits per heavy atom. The second kappa shape index (κ2) is 8.41. The fourth-order valence-corrected chi connectivity index (χ4v) is 3.71. The lowest BCUT2D eigenvalue weighted by Crippen LogP contribution is -2.34. The summed E-state index contributed by atoms with van der Waals surface area (Å²) in [5.74, 6) is 0.364. The molecule has 0 saturated heterocycles. The molecule has 1 amide bonds. The molecule has 0 bridgehead atoms. The van der Waals surface area contributed by atoms with Crippen molar-refractivity contribution < 1.29 is 17.6 Å². The summed E-state index contributed by atoms with van der Waals surface area (Å²) in [6.07, 6.45) is 5.38. The summed E-state index contributed by atoms with van der Waals surface area (Å²) in [5.41, 5.74) is 2.21. The number of carbonyl (C=O) groups is 1. The van der Waals surface area contributed by atoms with E-state index in [0.29, 0.717) is 18.7 Å². The lowest BCUT2D eigenvalue weighted by Gasteiger charge is -2.18. The molecule has 3 rings (SSSR count). The lowest BCUT2D eigenvalue weighted by molar-refractivity contribution is -0.121. The molecule has 144 valence electrons. The van der Waals surface area contributed by atoms with Crippen molar-refractivity contribution in [2.24, 2.45) is 0 Å². The minimum absolute atomic E-state index is 0.0989. The molecule has 7 nitrogen and oxygen atoms in total. The number of sulfonamides is 1. The third-order valence-corrected chi connectivity index (χ3v) is 5.61. The molecule has 0 fully saturated rings. The minimum atomic E-state index is -3.43. The fourth-order valence-electron chi connectivity index (χ4n) is 2.93. The Morgan fingerprint density at radius 3 is 2.78 bits per heavy atom. The molecule has 0 radical (unpaired) electrons. The summed E-state index contributed by atoms with van der Waals surface area (Å²) in [6, 6.07) is 11.4. The van der Waals surface area contributed by atoms with Crippen LogP contribution < -0.4 is 5.32 Å². The number of fused-ring (bicyclic) bond motifs is 1. The average Bonchev–Trinajstić information content (AvgIpc) is 3.27. The summed E-state index contributed by atoms with van der Waals surface area (Å²) in [4.78, 5) is 15.3. The molecule has 2 heterocycles. The number of amides is 1. The van der Waals surface area contributed by atoms with Crippen molar-refractivity contribution in [3.8, 4) is 0 Å². The van der Waals surface area contributed by atoms with Crippen LogP contribution in [0.25, 0.3) is 10.9 Å². The normalized spacial score (nSPS) is 11.9. The van der Waals surface area contributed by atoms with Gasteiger partial charge in [0.1, 0.15) is 5.76 Å². The quantitative estimate of drug-likeness (QED) is 0.587. The first-order chi connectivity index (χ1) is 12.9. The molecule has 0 aliphatic heterocycles. The number of rotatable bonds is 9. The van der Waals surface area contributed by atoms with Gasteiger partial charge in [0.2, 0.25) is 15.9 Å². The van der Waals surface area contributed by atoms with Gasteiger partial charge in [0.05, 0.1) is 19.1 Å². The molecule has 0 aliphatic carbocycles. The Hall–Kier alpha value is -2.58. The molecule has 0 unspecified atom stereocenters. The van der Waals surface area contributed by atoms with Crippen LogP contribution in [0.1, 0.15) is 17.7 Å². The molecule has 0 spiro atoms. The van der Waals surface area contributed by atoms with Crippen LogP contribution in [0.15, 0.2) is 53.3 Å². The van der Waals surface area contributed by atoms with Crippen molar-refractivity contribution in [2.75, 3.05) is 19.3 Å². The molecule has 3 aromatic rings. The Bertz CT molecular complexity index is 993. The Kier molecular flexibility index (Phi) is 5.98. The molecule has 0 atom stereocenters. The predicted molar refractivity (Wildman–Crippen MR) is 104 cm³/mol. The maximum absolute atomic E-state index is 12.1. The van der Waals surface area contributed by atoms with E-state index in [1.54, 1.807) is 12.1 Å². The Morgan fingerprint density at radius 2 is 2.04 bits per heavy atom. The maximum Gasteiger partial charge on any atom is 0.221 e. The number of furan rings is 1. The zero-order valence-corrected chi connectivity index (χ0v) is 16.0. The first-order valence-corrected chi connectivity index (χ1v) is 10.6. The van der Waals surface area contributed by atoms with Gasteiger partial charge < -0.3 is 14.7 Å². The van der Waals surface area contributed by atoms with Crippen molar-refractivity contribution >= 4 is 26.8 Å². The van der Waals surface area contributed by atoms with Crippen LogP contribution >= 0.6 is 0 Å². The predicted octanol–water partition coefficient (Wildman–Crippen LogP) is 2.27. The van der Waals surface area contributed by atoms with Crippen LogP contribution in [0.4, 0.5) is 0 Å². The van der Waals surface area contributed by atoms with Gasteiger partial charge in [-0.1, -0.05) is 18.2 Å². The van der Waals surface area contributed by atoms with Crippen LogP contribution in [-0.2, 0) is 27.8 Å². The van der Waals surface area contributed by atoms with Crippen LogP contribution in [0.3, 0.4) is 0 Å². The highest BCUT2D eigenvalue weighted by molar-refractivity contribution is 7.88. The molecule has 8 heteroatoms. The highest BCUT2D eigenvalue weighted by Crippen LogP contribution is 2.17. The third kappa shape index (κ3) is 5.21. The van der Waals surface area contributed by atoms with E-state index in [0.717, 1.165) is 22.7 Å². The molecular formula is C19H23N3O4S. The van der Waals surface area contributed by atoms with E-state index in [9.17, 15) is 13.2 Å². The smallest absolute Gasteiger partial charge is 0.221 e. The zero-order chi connectivity index (χ0) is 19.3. The van der Waals surface area contributed by atoms with Crippen molar-refractivity contribution in [3.05, 3.63) is 60.2 Å². The van der Waals surface area contributed by atoms with Crippen molar-refractivity contribution in [1.29, 1.82) is 0 Å². The molecule has 2 N–H and O–H groups in total. The minimum Gasteiger partial charge on any atom is -0.468 e. The second-order valence-corrected chi connectivity index (χ2v) is 8.37. The second-order valence-electron chi connectivity index (χ2n) is 6.39. The van der Waals surface area contributed by atoms with E-state index in [1.807, 2.05) is 30.5 Å². The molecule has 2 aromatic heterocycles. The van der Waals surface area contributed by atoms with Gasteiger partial charge in [0.25, 0.3) is 0 Å². The number of hydrogen-bond acceptors (Lipinski definition) is 4. The van der Waals surface area contributed by atoms with Gasteiger partial charge in [-0.15, -0.1) is 0 Å². The van der Waals surface area contributed by atoms with Crippen molar-refractivity contribution in [2.45, 2.75) is 19.4 Å². The SMILES string of the molecule is CS(=O)(=O)N(CCC(=O)NCCc1c[nH]c2ccccc12)Cc1ccco1. The maximum atomic E-state index is 12.1. The van der Waals surface area contributed by atoms with Gasteiger partial charge in [-0.25, -0.2) is 8.42 Å². The van der Waals surface area contributed by atoms with E-state index in [4.69, 9.17) is 4.42 Å². The van der Waals surface area contributed by atoms with Gasteiger partial charge in [-0.3, -0.25) is 4.79 Å². The van der Waals surface area contributed by atoms with E-state index in [1.165, 1.54) is 10.6 Å². The number of aromatic nitrogens is 1. The number of benzene rings is 1. The highest BCUT2D eigenvalue weighted by atomic mass is 32.2. The first-order valence-electron chi connectivity index (χ1n) is 8.72. The van der Waals surface area contributed by atoms with Gasteiger partial charge in [-0.05, 0) is 30.2 Å². The lowest BCUT2D eigenvalue weighted by atomic mass is 10.1. The van der Waals surface area contributed by atoms with Gasteiger partial charge in [0.15, 0.2) is 0 Å². The standard InChI is InChI=1S/C19H23N3O4S/c1-27(24,25)22(14-16-5-4-12-26-16)11-9-19(23)20-10-8-15-13-21-18-7-3-2-6-17(15)18/h2-7,12-13,21H,8-11,14H2,1H3,(H,20,23). The monoisotopic (exact) mass is 389 g/mol. The largest absolute Gasteiger partial charge is 0.468 e. The van der Waals surface area contributed by atoms with E-state index in [2.05, 4.69) is 10.3 Å². The fraction of sp³-hybridized carbons (Fsp3) is 0.316. The number of nitrogens with zero attached hydrogens (tertiary/aromatic N) is 1. The summed E-state index contributed by atoms with van der Waals surface area (Å²) < 4.78 is 30.3. The van der Waals surface area contributed by atoms with E-state index in [-0.39, 0.29) is 25.4 Å². The summed E-state index contributed by atoms with van der Waals surface area (Å²) in [6.45, 7) is 0.727. The molecule has 0 aliphatic rings. The first kappa shape index (κ1) is 19.2. The van der Waals surface area contributed by atoms with Gasteiger partial charge in [-0.2, -0.15) is 4.31 Å². The third-order valence-electron chi connectivity index (χ3n) is 4.36. The average molecular weight is 389 g/mol. The molecular weight excluding hydrogens is 366 g/mol. The van der Waals surface area contributed by atoms with Crippen LogP contribution in [0.2, 0.25) is 0 Å². The number of aromatic amines is 1. The highest BCUT2D eigenvalue weighted by Gasteiger charge is 2.19. The topological polar surface area (TPSA) is 95.4 Å². The summed E-state index contributed by atoms with van der Waals surface area (Å²) >= 11 is 0. The summed E-state index contributed by atoms with van der Waals surface area (Å²) in [5, 5.41) is 4.00. The number of para-hydroxylation sites is 1. The van der Waals surface area contributed by atoms with Crippen LogP contribution in [0, 0.1) is 0 Å². The molecule has 27 heavy (non-hydrogen) atoms. The Balaban J connectivity index is 1.48. The van der Waals surface area contributed by atoms with Crippen molar-refractivity contribution in [1.82, 2.24) is 14.6 Å². The molecule has 1 aromatic carbocycles. The van der Waals surface area contributed by atoms with Gasteiger partial charge >= 0.3 is 0 Å². The number of H-pyrrole nitrogens is 1. The molecule has 0 saturated carbocycles. The van der Waals surface area contributed by atoms with Crippen LogP contribution in [-0.4, -0.2) is 43.0 Å². The number of nitrogens with one attached hydrogen (secondary N) is 2. The number of hydrogen-bond donors (Lipinski definition) is 2.